The lowest BCUT2D eigenvalue weighted by Crippen LogP contribution is -2.34. The fourth-order valence-corrected chi connectivity index (χ4v) is 2.04. The van der Waals surface area contributed by atoms with Crippen molar-refractivity contribution in [1.29, 1.82) is 0 Å². The highest BCUT2D eigenvalue weighted by atomic mass is 19.1. The first-order valence-electron chi connectivity index (χ1n) is 5.80. The van der Waals surface area contributed by atoms with E-state index >= 15 is 0 Å². The quantitative estimate of drug-likeness (QED) is 0.889. The lowest BCUT2D eigenvalue weighted by Gasteiger charge is -2.18. The summed E-state index contributed by atoms with van der Waals surface area (Å²) in [6.07, 6.45) is 0.542. The molecule has 0 bridgehead atoms. The topological polar surface area (TPSA) is 38.9 Å². The largest absolute Gasteiger partial charge is 0.325 e. The molecule has 0 atom stereocenters. The lowest BCUT2D eigenvalue weighted by molar-refractivity contribution is 0.510. The van der Waals surface area contributed by atoms with E-state index < -0.39 is 17.2 Å². The van der Waals surface area contributed by atoms with E-state index in [0.29, 0.717) is 11.8 Å². The van der Waals surface area contributed by atoms with Gasteiger partial charge < -0.3 is 5.73 Å². The third kappa shape index (κ3) is 2.64. The van der Waals surface area contributed by atoms with E-state index in [0.717, 1.165) is 17.3 Å². The Morgan fingerprint density at radius 2 is 1.89 bits per heavy atom. The highest BCUT2D eigenvalue weighted by Crippen LogP contribution is 2.23. The average molecular weight is 250 g/mol. The van der Waals surface area contributed by atoms with Gasteiger partial charge in [0.25, 0.3) is 0 Å². The summed E-state index contributed by atoms with van der Waals surface area (Å²) >= 11 is 0. The second-order valence-electron chi connectivity index (χ2n) is 5.38. The van der Waals surface area contributed by atoms with Gasteiger partial charge in [0, 0.05) is 29.1 Å². The number of rotatable bonds is 2. The molecule has 0 unspecified atom stereocenters. The Morgan fingerprint density at radius 1 is 1.22 bits per heavy atom. The number of nitrogens with two attached hydrogens (primary N) is 1. The van der Waals surface area contributed by atoms with Gasteiger partial charge in [-0.05, 0) is 38.5 Å². The summed E-state index contributed by atoms with van der Waals surface area (Å²) in [6, 6.07) is 3.99. The molecule has 1 aromatic heterocycles. The Hall–Kier alpha value is -1.55. The fourth-order valence-electron chi connectivity index (χ4n) is 2.04. The standard InChI is InChI=1S/C14H16F2N2/c1-8-4-10(7-14(2,3)17)18-13-11(8)5-9(15)6-12(13)16/h4-6H,7,17H2,1-3H3. The van der Waals surface area contributed by atoms with Crippen molar-refractivity contribution < 1.29 is 8.78 Å². The molecule has 1 aromatic carbocycles. The number of hydrogen-bond acceptors (Lipinski definition) is 2. The van der Waals surface area contributed by atoms with Gasteiger partial charge in [-0.3, -0.25) is 0 Å². The van der Waals surface area contributed by atoms with E-state index in [1.54, 1.807) is 0 Å². The lowest BCUT2D eigenvalue weighted by atomic mass is 9.98. The van der Waals surface area contributed by atoms with Gasteiger partial charge in [0.1, 0.15) is 11.3 Å². The van der Waals surface area contributed by atoms with Crippen molar-refractivity contribution in [3.05, 3.63) is 41.1 Å². The molecule has 1 heterocycles. The SMILES string of the molecule is Cc1cc(CC(C)(C)N)nc2c(F)cc(F)cc12. The number of nitrogens with zero attached hydrogens (tertiary/aromatic N) is 1. The van der Waals surface area contributed by atoms with Crippen molar-refractivity contribution in [3.63, 3.8) is 0 Å². The van der Waals surface area contributed by atoms with Crippen molar-refractivity contribution in [1.82, 2.24) is 4.98 Å². The van der Waals surface area contributed by atoms with Crippen molar-refractivity contribution in [2.24, 2.45) is 5.73 Å². The molecule has 0 spiro atoms. The zero-order valence-electron chi connectivity index (χ0n) is 10.7. The van der Waals surface area contributed by atoms with Gasteiger partial charge in [-0.15, -0.1) is 0 Å². The summed E-state index contributed by atoms with van der Waals surface area (Å²) in [5.41, 5.74) is 7.25. The van der Waals surface area contributed by atoms with Crippen molar-refractivity contribution >= 4 is 10.9 Å². The molecule has 0 aliphatic rings. The van der Waals surface area contributed by atoms with Crippen LogP contribution in [0.3, 0.4) is 0 Å². The molecule has 2 aromatic rings. The number of hydrogen-bond donors (Lipinski definition) is 1. The van der Waals surface area contributed by atoms with Crippen molar-refractivity contribution in [3.8, 4) is 0 Å². The Balaban J connectivity index is 2.62. The first kappa shape index (κ1) is 12.9. The van der Waals surface area contributed by atoms with Crippen LogP contribution in [0.5, 0.6) is 0 Å². The molecular weight excluding hydrogens is 234 g/mol. The van der Waals surface area contributed by atoms with Gasteiger partial charge in [0.2, 0.25) is 0 Å². The van der Waals surface area contributed by atoms with Crippen LogP contribution < -0.4 is 5.73 Å². The summed E-state index contributed by atoms with van der Waals surface area (Å²) < 4.78 is 26.9. The van der Waals surface area contributed by atoms with Gasteiger partial charge in [-0.2, -0.15) is 0 Å². The number of halogens is 2. The fraction of sp³-hybridized carbons (Fsp3) is 0.357. The minimum Gasteiger partial charge on any atom is -0.325 e. The van der Waals surface area contributed by atoms with E-state index in [1.165, 1.54) is 6.07 Å². The number of fused-ring (bicyclic) bond motifs is 1. The van der Waals surface area contributed by atoms with Gasteiger partial charge in [-0.25, -0.2) is 13.8 Å². The smallest absolute Gasteiger partial charge is 0.152 e. The number of benzene rings is 1. The summed E-state index contributed by atoms with van der Waals surface area (Å²) in [7, 11) is 0. The zero-order chi connectivity index (χ0) is 13.5. The molecule has 2 nitrogen and oxygen atoms in total. The molecule has 0 amide bonds. The van der Waals surface area contributed by atoms with E-state index in [2.05, 4.69) is 4.98 Å². The molecule has 0 fully saturated rings. The maximum Gasteiger partial charge on any atom is 0.152 e. The van der Waals surface area contributed by atoms with Crippen LogP contribution in [0.4, 0.5) is 8.78 Å². The van der Waals surface area contributed by atoms with Crippen LogP contribution in [0.15, 0.2) is 18.2 Å². The molecule has 0 aliphatic carbocycles. The molecule has 4 heteroatoms. The molecule has 0 radical (unpaired) electrons. The monoisotopic (exact) mass is 250 g/mol. The zero-order valence-corrected chi connectivity index (χ0v) is 10.7. The molecule has 0 saturated carbocycles. The number of aryl methyl sites for hydroxylation is 1. The van der Waals surface area contributed by atoms with E-state index in [-0.39, 0.29) is 5.52 Å². The van der Waals surface area contributed by atoms with Crippen molar-refractivity contribution in [2.75, 3.05) is 0 Å². The van der Waals surface area contributed by atoms with E-state index in [4.69, 9.17) is 5.73 Å². The Morgan fingerprint density at radius 3 is 2.50 bits per heavy atom. The maximum atomic E-state index is 13.7. The molecule has 0 saturated heterocycles. The van der Waals surface area contributed by atoms with Crippen LogP contribution in [0.2, 0.25) is 0 Å². The molecular formula is C14H16F2N2. The predicted octanol–water partition coefficient (Wildman–Crippen LogP) is 3.10. The molecule has 2 N–H and O–H groups in total. The normalized spacial score (nSPS) is 12.1. The number of aromatic nitrogens is 1. The second kappa shape index (κ2) is 4.28. The van der Waals surface area contributed by atoms with Gasteiger partial charge in [0.15, 0.2) is 5.82 Å². The van der Waals surface area contributed by atoms with E-state index in [1.807, 2.05) is 26.8 Å². The predicted molar refractivity (Wildman–Crippen MR) is 68.4 cm³/mol. The summed E-state index contributed by atoms with van der Waals surface area (Å²) in [6.45, 7) is 5.58. The average Bonchev–Trinajstić information content (AvgIpc) is 2.17. The maximum absolute atomic E-state index is 13.7. The summed E-state index contributed by atoms with van der Waals surface area (Å²) in [5, 5.41) is 0.506. The third-order valence-corrected chi connectivity index (χ3v) is 2.73. The second-order valence-corrected chi connectivity index (χ2v) is 5.38. The Labute approximate surface area is 105 Å². The Bertz CT molecular complexity index is 601. The van der Waals surface area contributed by atoms with Gasteiger partial charge in [0.05, 0.1) is 0 Å². The minimum absolute atomic E-state index is 0.204. The first-order chi connectivity index (χ1) is 8.26. The van der Waals surface area contributed by atoms with Gasteiger partial charge >= 0.3 is 0 Å². The van der Waals surface area contributed by atoms with Crippen LogP contribution in [0, 0.1) is 18.6 Å². The highest BCUT2D eigenvalue weighted by molar-refractivity contribution is 5.82. The summed E-state index contributed by atoms with van der Waals surface area (Å²) in [4.78, 5) is 4.24. The van der Waals surface area contributed by atoms with Crippen molar-refractivity contribution in [2.45, 2.75) is 32.7 Å². The van der Waals surface area contributed by atoms with Crippen LogP contribution in [-0.2, 0) is 6.42 Å². The van der Waals surface area contributed by atoms with Crippen LogP contribution in [0.1, 0.15) is 25.1 Å². The highest BCUT2D eigenvalue weighted by Gasteiger charge is 2.15. The third-order valence-electron chi connectivity index (χ3n) is 2.73. The number of pyridine rings is 1. The molecule has 0 aliphatic heterocycles. The first-order valence-corrected chi connectivity index (χ1v) is 5.80. The van der Waals surface area contributed by atoms with Crippen LogP contribution in [-0.4, -0.2) is 10.5 Å². The van der Waals surface area contributed by atoms with Gasteiger partial charge in [-0.1, -0.05) is 0 Å². The summed E-state index contributed by atoms with van der Waals surface area (Å²) in [5.74, 6) is -1.22. The Kier molecular flexibility index (Phi) is 3.07. The molecule has 2 rings (SSSR count). The van der Waals surface area contributed by atoms with Crippen LogP contribution in [0.25, 0.3) is 10.9 Å². The molecule has 18 heavy (non-hydrogen) atoms. The molecule has 96 valence electrons. The van der Waals surface area contributed by atoms with E-state index in [9.17, 15) is 8.78 Å². The van der Waals surface area contributed by atoms with Crippen LogP contribution >= 0.6 is 0 Å². The minimum atomic E-state index is -0.634.